The lowest BCUT2D eigenvalue weighted by Gasteiger charge is -2.08. The van der Waals surface area contributed by atoms with E-state index in [-0.39, 0.29) is 22.6 Å². The molecule has 0 spiro atoms. The summed E-state index contributed by atoms with van der Waals surface area (Å²) in [5.74, 6) is -0.489. The van der Waals surface area contributed by atoms with Crippen LogP contribution in [-0.2, 0) is 0 Å². The summed E-state index contributed by atoms with van der Waals surface area (Å²) in [5, 5.41) is 25.9. The average Bonchev–Trinajstić information content (AvgIpc) is 2.75. The molecule has 0 bridgehead atoms. The molecule has 3 rings (SSSR count). The number of nitrogens with zero attached hydrogens (tertiary/aromatic N) is 3. The normalized spacial score (nSPS) is 11.0. The number of benzene rings is 3. The van der Waals surface area contributed by atoms with Crippen LogP contribution >= 0.6 is 0 Å². The Morgan fingerprint density at radius 3 is 1.69 bits per heavy atom. The molecule has 0 saturated carbocycles. The number of hydrogen-bond acceptors (Lipinski definition) is 7. The Hall–Kier alpha value is -4.40. The van der Waals surface area contributed by atoms with Gasteiger partial charge in [-0.3, -0.25) is 30.4 Å². The zero-order valence-electron chi connectivity index (χ0n) is 14.9. The Morgan fingerprint density at radius 2 is 1.21 bits per heavy atom. The molecule has 0 saturated heterocycles. The molecule has 0 heterocycles. The Bertz CT molecular complexity index is 1080. The molecule has 0 aliphatic rings. The highest BCUT2D eigenvalue weighted by Crippen LogP contribution is 2.18. The topological polar surface area (TPSA) is 128 Å². The van der Waals surface area contributed by atoms with Crippen LogP contribution in [0.4, 0.5) is 17.1 Å². The van der Waals surface area contributed by atoms with Gasteiger partial charge in [0.15, 0.2) is 0 Å². The van der Waals surface area contributed by atoms with Crippen LogP contribution < -0.4 is 5.43 Å². The quantitative estimate of drug-likeness (QED) is 0.279. The molecule has 0 radical (unpaired) electrons. The molecule has 29 heavy (non-hydrogen) atoms. The SMILES string of the molecule is O=C(C(=NNc1ccccc1)c1ccc([N+](=O)[O-])cc1)c1ccc([N+](=O)[O-])cc1. The highest BCUT2D eigenvalue weighted by Gasteiger charge is 2.19. The zero-order chi connectivity index (χ0) is 20.8. The number of para-hydroxylation sites is 1. The van der Waals surface area contributed by atoms with Crippen molar-refractivity contribution in [3.63, 3.8) is 0 Å². The second-order valence-electron chi connectivity index (χ2n) is 5.88. The van der Waals surface area contributed by atoms with Gasteiger partial charge in [0, 0.05) is 35.4 Å². The number of hydrazone groups is 1. The first kappa shape index (κ1) is 19.4. The monoisotopic (exact) mass is 390 g/mol. The van der Waals surface area contributed by atoms with E-state index in [2.05, 4.69) is 10.5 Å². The predicted octanol–water partition coefficient (Wildman–Crippen LogP) is 4.20. The summed E-state index contributed by atoms with van der Waals surface area (Å²) >= 11 is 0. The number of Topliss-reactive ketones (excluding diaryl/α,β-unsaturated/α-hetero) is 1. The molecule has 3 aromatic rings. The van der Waals surface area contributed by atoms with Crippen LogP contribution in [0.3, 0.4) is 0 Å². The van der Waals surface area contributed by atoms with Crippen molar-refractivity contribution >= 4 is 28.6 Å². The molecular weight excluding hydrogens is 376 g/mol. The van der Waals surface area contributed by atoms with Gasteiger partial charge in [0.05, 0.1) is 15.5 Å². The van der Waals surface area contributed by atoms with Crippen molar-refractivity contribution in [1.29, 1.82) is 0 Å². The van der Waals surface area contributed by atoms with Gasteiger partial charge in [0.1, 0.15) is 5.71 Å². The van der Waals surface area contributed by atoms with Crippen molar-refractivity contribution in [3.05, 3.63) is 110 Å². The number of carbonyl (C=O) groups excluding carboxylic acids is 1. The highest BCUT2D eigenvalue weighted by atomic mass is 16.6. The fourth-order valence-corrected chi connectivity index (χ4v) is 2.49. The Balaban J connectivity index is 1.98. The maximum atomic E-state index is 13.0. The van der Waals surface area contributed by atoms with Crippen molar-refractivity contribution in [2.75, 3.05) is 5.43 Å². The summed E-state index contributed by atoms with van der Waals surface area (Å²) in [6, 6.07) is 19.5. The van der Waals surface area contributed by atoms with E-state index in [1.165, 1.54) is 48.5 Å². The van der Waals surface area contributed by atoms with Crippen molar-refractivity contribution < 1.29 is 14.6 Å². The number of anilines is 1. The molecule has 0 unspecified atom stereocenters. The lowest BCUT2D eigenvalue weighted by molar-refractivity contribution is -0.385. The summed E-state index contributed by atoms with van der Waals surface area (Å²) in [6.07, 6.45) is 0. The first-order chi connectivity index (χ1) is 14.0. The molecule has 3 aromatic carbocycles. The van der Waals surface area contributed by atoms with E-state index in [0.29, 0.717) is 11.3 Å². The van der Waals surface area contributed by atoms with Gasteiger partial charge in [-0.15, -0.1) is 0 Å². The van der Waals surface area contributed by atoms with Gasteiger partial charge in [0.2, 0.25) is 5.78 Å². The van der Waals surface area contributed by atoms with Gasteiger partial charge in [-0.25, -0.2) is 0 Å². The molecular formula is C20H14N4O5. The minimum absolute atomic E-state index is 0.0117. The van der Waals surface area contributed by atoms with Crippen molar-refractivity contribution in [3.8, 4) is 0 Å². The first-order valence-electron chi connectivity index (χ1n) is 8.38. The summed E-state index contributed by atoms with van der Waals surface area (Å²) in [7, 11) is 0. The largest absolute Gasteiger partial charge is 0.287 e. The lowest BCUT2D eigenvalue weighted by atomic mass is 10.0. The van der Waals surface area contributed by atoms with E-state index >= 15 is 0 Å². The minimum atomic E-state index is -0.559. The van der Waals surface area contributed by atoms with Crippen LogP contribution in [0.2, 0.25) is 0 Å². The average molecular weight is 390 g/mol. The van der Waals surface area contributed by atoms with E-state index in [9.17, 15) is 25.0 Å². The standard InChI is InChI=1S/C20H14N4O5/c25-20(15-8-12-18(13-9-15)24(28)29)19(22-21-16-4-2-1-3-5-16)14-6-10-17(11-7-14)23(26)27/h1-13,21H. The van der Waals surface area contributed by atoms with Crippen LogP contribution in [0.15, 0.2) is 84.0 Å². The molecule has 0 atom stereocenters. The van der Waals surface area contributed by atoms with Crippen molar-refractivity contribution in [2.24, 2.45) is 5.10 Å². The van der Waals surface area contributed by atoms with Crippen molar-refractivity contribution in [1.82, 2.24) is 0 Å². The summed E-state index contributed by atoms with van der Waals surface area (Å²) < 4.78 is 0. The molecule has 1 N–H and O–H groups in total. The molecule has 0 aromatic heterocycles. The predicted molar refractivity (Wildman–Crippen MR) is 107 cm³/mol. The van der Waals surface area contributed by atoms with Crippen LogP contribution in [0.25, 0.3) is 0 Å². The molecule has 9 heteroatoms. The third kappa shape index (κ3) is 4.66. The van der Waals surface area contributed by atoms with E-state index in [0.717, 1.165) is 0 Å². The van der Waals surface area contributed by atoms with Crippen LogP contribution in [-0.4, -0.2) is 21.3 Å². The number of carbonyl (C=O) groups is 1. The summed E-state index contributed by atoms with van der Waals surface area (Å²) in [6.45, 7) is 0. The number of nitro groups is 2. The smallest absolute Gasteiger partial charge is 0.269 e. The summed E-state index contributed by atoms with van der Waals surface area (Å²) in [5.41, 5.74) is 3.74. The van der Waals surface area contributed by atoms with Crippen LogP contribution in [0.5, 0.6) is 0 Å². The number of nitrogens with one attached hydrogen (secondary N) is 1. The van der Waals surface area contributed by atoms with Gasteiger partial charge < -0.3 is 0 Å². The fraction of sp³-hybridized carbons (Fsp3) is 0. The van der Waals surface area contributed by atoms with Gasteiger partial charge in [-0.2, -0.15) is 5.10 Å². The van der Waals surface area contributed by atoms with E-state index in [1.54, 1.807) is 24.3 Å². The first-order valence-corrected chi connectivity index (χ1v) is 8.38. The summed E-state index contributed by atoms with van der Waals surface area (Å²) in [4.78, 5) is 33.6. The molecule has 9 nitrogen and oxygen atoms in total. The maximum absolute atomic E-state index is 13.0. The van der Waals surface area contributed by atoms with Gasteiger partial charge in [-0.05, 0) is 36.4 Å². The maximum Gasteiger partial charge on any atom is 0.269 e. The highest BCUT2D eigenvalue weighted by molar-refractivity contribution is 6.51. The Kier molecular flexibility index (Phi) is 5.69. The van der Waals surface area contributed by atoms with E-state index < -0.39 is 15.6 Å². The van der Waals surface area contributed by atoms with E-state index in [4.69, 9.17) is 0 Å². The number of ketones is 1. The van der Waals surface area contributed by atoms with Gasteiger partial charge in [0.25, 0.3) is 11.4 Å². The minimum Gasteiger partial charge on any atom is -0.287 e. The lowest BCUT2D eigenvalue weighted by Crippen LogP contribution is -2.18. The number of hydrogen-bond donors (Lipinski definition) is 1. The zero-order valence-corrected chi connectivity index (χ0v) is 14.9. The molecule has 0 amide bonds. The molecule has 0 fully saturated rings. The molecule has 0 aliphatic heterocycles. The second kappa shape index (κ2) is 8.53. The fourth-order valence-electron chi connectivity index (χ4n) is 2.49. The third-order valence-corrected chi connectivity index (χ3v) is 3.98. The van der Waals surface area contributed by atoms with Crippen LogP contribution in [0.1, 0.15) is 15.9 Å². The number of nitro benzene ring substituents is 2. The Labute approximate surface area is 164 Å². The van der Waals surface area contributed by atoms with Gasteiger partial charge >= 0.3 is 0 Å². The molecule has 144 valence electrons. The molecule has 0 aliphatic carbocycles. The third-order valence-electron chi connectivity index (χ3n) is 3.98. The van der Waals surface area contributed by atoms with Gasteiger partial charge in [-0.1, -0.05) is 18.2 Å². The second-order valence-corrected chi connectivity index (χ2v) is 5.88. The number of rotatable bonds is 7. The number of non-ortho nitro benzene ring substituents is 2. The Morgan fingerprint density at radius 1 is 0.724 bits per heavy atom. The van der Waals surface area contributed by atoms with E-state index in [1.807, 2.05) is 6.07 Å². The van der Waals surface area contributed by atoms with Crippen LogP contribution in [0, 0.1) is 20.2 Å². The van der Waals surface area contributed by atoms with Crippen molar-refractivity contribution in [2.45, 2.75) is 0 Å².